The molecule has 0 amide bonds. The molecule has 1 saturated heterocycles. The van der Waals surface area contributed by atoms with Crippen molar-refractivity contribution in [3.8, 4) is 5.75 Å². The van der Waals surface area contributed by atoms with Gasteiger partial charge in [0.05, 0.1) is 13.2 Å². The van der Waals surface area contributed by atoms with E-state index in [4.69, 9.17) is 9.47 Å². The summed E-state index contributed by atoms with van der Waals surface area (Å²) in [5.41, 5.74) is 0. The van der Waals surface area contributed by atoms with Crippen molar-refractivity contribution >= 4 is 16.7 Å². The lowest BCUT2D eigenvalue weighted by Gasteiger charge is -2.22. The van der Waals surface area contributed by atoms with Crippen LogP contribution in [0.3, 0.4) is 0 Å². The van der Waals surface area contributed by atoms with Gasteiger partial charge in [-0.15, -0.1) is 0 Å². The monoisotopic (exact) mass is 272 g/mol. The minimum atomic E-state index is -0.183. The van der Waals surface area contributed by atoms with Crippen molar-refractivity contribution in [3.05, 3.63) is 42.5 Å². The summed E-state index contributed by atoms with van der Waals surface area (Å²) >= 11 is 0. The number of morpholine rings is 1. The minimum absolute atomic E-state index is 0.183. The highest BCUT2D eigenvalue weighted by atomic mass is 16.5. The van der Waals surface area contributed by atoms with Gasteiger partial charge in [-0.3, -0.25) is 0 Å². The summed E-state index contributed by atoms with van der Waals surface area (Å²) in [6.07, 6.45) is 0. The predicted molar refractivity (Wildman–Crippen MR) is 76.0 cm³/mol. The van der Waals surface area contributed by atoms with Gasteiger partial charge in [0.1, 0.15) is 18.8 Å². The first-order valence-electron chi connectivity index (χ1n) is 6.92. The van der Waals surface area contributed by atoms with E-state index < -0.39 is 0 Å². The molecular weight excluding hydrogens is 254 g/mol. The van der Waals surface area contributed by atoms with E-state index in [-0.39, 0.29) is 5.97 Å². The largest absolute Gasteiger partial charge is 0.422 e. The fraction of sp³-hybridized carbons (Fsp3) is 0.312. The molecule has 2 aromatic carbocycles. The Hall–Kier alpha value is -1.91. The molecule has 0 bridgehead atoms. The number of esters is 1. The Bertz CT molecular complexity index is 605. The van der Waals surface area contributed by atoms with E-state index in [1.807, 2.05) is 42.5 Å². The summed E-state index contributed by atoms with van der Waals surface area (Å²) in [6.45, 7) is 3.58. The molecule has 1 heterocycles. The number of ether oxygens (including phenoxy) is 2. The fourth-order valence-corrected chi connectivity index (χ4v) is 2.44. The lowest BCUT2D eigenvalue weighted by molar-refractivity contribution is -0.900. The Morgan fingerprint density at radius 1 is 1.10 bits per heavy atom. The third-order valence-corrected chi connectivity index (χ3v) is 3.55. The van der Waals surface area contributed by atoms with Crippen LogP contribution in [0.15, 0.2) is 42.5 Å². The standard InChI is InChI=1S/C16H17NO3/c18-16(12-17-7-9-19-10-8-17)20-15-6-5-13-3-1-2-4-14(13)11-15/h1-6,11H,7-10,12H2/p+1. The van der Waals surface area contributed by atoms with Gasteiger partial charge in [-0.1, -0.05) is 30.3 Å². The summed E-state index contributed by atoms with van der Waals surface area (Å²) in [4.78, 5) is 13.2. The first kappa shape index (κ1) is 13.1. The van der Waals surface area contributed by atoms with Crippen molar-refractivity contribution < 1.29 is 19.2 Å². The maximum Gasteiger partial charge on any atom is 0.367 e. The Balaban J connectivity index is 1.64. The Kier molecular flexibility index (Phi) is 3.95. The van der Waals surface area contributed by atoms with Crippen molar-refractivity contribution in [2.75, 3.05) is 32.8 Å². The van der Waals surface area contributed by atoms with E-state index in [1.165, 1.54) is 4.90 Å². The van der Waals surface area contributed by atoms with Gasteiger partial charge in [0.15, 0.2) is 6.54 Å². The molecule has 0 radical (unpaired) electrons. The van der Waals surface area contributed by atoms with Crippen LogP contribution in [0.2, 0.25) is 0 Å². The normalized spacial score (nSPS) is 16.2. The highest BCUT2D eigenvalue weighted by molar-refractivity contribution is 5.84. The van der Waals surface area contributed by atoms with E-state index in [2.05, 4.69) is 0 Å². The van der Waals surface area contributed by atoms with E-state index in [1.54, 1.807) is 0 Å². The van der Waals surface area contributed by atoms with Gasteiger partial charge in [0.2, 0.25) is 0 Å². The molecule has 2 aromatic rings. The molecule has 1 aliphatic rings. The van der Waals surface area contributed by atoms with Crippen LogP contribution in [0.1, 0.15) is 0 Å². The van der Waals surface area contributed by atoms with E-state index in [0.29, 0.717) is 12.3 Å². The second kappa shape index (κ2) is 6.03. The average Bonchev–Trinajstić information content (AvgIpc) is 2.48. The lowest BCUT2D eigenvalue weighted by Crippen LogP contribution is -3.15. The van der Waals surface area contributed by atoms with Gasteiger partial charge in [-0.25, -0.2) is 4.79 Å². The molecule has 1 aliphatic heterocycles. The minimum Gasteiger partial charge on any atom is -0.422 e. The molecular formula is C16H18NO3+. The summed E-state index contributed by atoms with van der Waals surface area (Å²) in [5, 5.41) is 2.22. The first-order valence-corrected chi connectivity index (χ1v) is 6.92. The first-order chi connectivity index (χ1) is 9.81. The topological polar surface area (TPSA) is 40.0 Å². The molecule has 0 spiro atoms. The van der Waals surface area contributed by atoms with Crippen molar-refractivity contribution in [2.24, 2.45) is 0 Å². The van der Waals surface area contributed by atoms with Gasteiger partial charge >= 0.3 is 5.97 Å². The quantitative estimate of drug-likeness (QED) is 0.659. The molecule has 0 saturated carbocycles. The molecule has 1 N–H and O–H groups in total. The maximum absolute atomic E-state index is 11.9. The third kappa shape index (κ3) is 3.15. The van der Waals surface area contributed by atoms with Crippen molar-refractivity contribution in [1.82, 2.24) is 0 Å². The molecule has 104 valence electrons. The van der Waals surface area contributed by atoms with Gasteiger partial charge in [0, 0.05) is 0 Å². The van der Waals surface area contributed by atoms with Crippen LogP contribution < -0.4 is 9.64 Å². The van der Waals surface area contributed by atoms with E-state index >= 15 is 0 Å². The van der Waals surface area contributed by atoms with Crippen molar-refractivity contribution in [3.63, 3.8) is 0 Å². The zero-order valence-corrected chi connectivity index (χ0v) is 11.3. The molecule has 4 nitrogen and oxygen atoms in total. The Morgan fingerprint density at radius 2 is 1.85 bits per heavy atom. The van der Waals surface area contributed by atoms with E-state index in [0.717, 1.165) is 37.1 Å². The number of fused-ring (bicyclic) bond motifs is 1. The third-order valence-electron chi connectivity index (χ3n) is 3.55. The van der Waals surface area contributed by atoms with E-state index in [9.17, 15) is 4.79 Å². The van der Waals surface area contributed by atoms with Gasteiger partial charge in [0.25, 0.3) is 0 Å². The van der Waals surface area contributed by atoms with Crippen molar-refractivity contribution in [2.45, 2.75) is 0 Å². The number of carbonyl (C=O) groups excluding carboxylic acids is 1. The predicted octanol–water partition coefficient (Wildman–Crippen LogP) is 0.660. The Morgan fingerprint density at radius 3 is 2.65 bits per heavy atom. The molecule has 0 atom stereocenters. The van der Waals surface area contributed by atoms with Crippen LogP contribution in [0.25, 0.3) is 10.8 Å². The van der Waals surface area contributed by atoms with Crippen LogP contribution in [0, 0.1) is 0 Å². The number of benzene rings is 2. The second-order valence-corrected chi connectivity index (χ2v) is 5.02. The highest BCUT2D eigenvalue weighted by Gasteiger charge is 2.18. The number of hydrogen-bond acceptors (Lipinski definition) is 3. The van der Waals surface area contributed by atoms with Gasteiger partial charge in [-0.2, -0.15) is 0 Å². The van der Waals surface area contributed by atoms with Crippen LogP contribution in [0.5, 0.6) is 5.75 Å². The second-order valence-electron chi connectivity index (χ2n) is 5.02. The number of carbonyl (C=O) groups is 1. The van der Waals surface area contributed by atoms with Crippen LogP contribution in [-0.4, -0.2) is 38.8 Å². The Labute approximate surface area is 117 Å². The summed E-state index contributed by atoms with van der Waals surface area (Å²) in [6, 6.07) is 13.7. The van der Waals surface area contributed by atoms with Gasteiger partial charge < -0.3 is 14.4 Å². The molecule has 20 heavy (non-hydrogen) atoms. The molecule has 0 unspecified atom stereocenters. The maximum atomic E-state index is 11.9. The van der Waals surface area contributed by atoms with Crippen LogP contribution in [0.4, 0.5) is 0 Å². The number of quaternary nitrogens is 1. The molecule has 4 heteroatoms. The SMILES string of the molecule is O=C(C[NH+]1CCOCC1)Oc1ccc2ccccc2c1. The molecule has 0 aromatic heterocycles. The van der Waals surface area contributed by atoms with Gasteiger partial charge in [-0.05, 0) is 22.9 Å². The summed E-state index contributed by atoms with van der Waals surface area (Å²) in [7, 11) is 0. The lowest BCUT2D eigenvalue weighted by atomic mass is 10.1. The molecule has 1 fully saturated rings. The van der Waals surface area contributed by atoms with Crippen LogP contribution >= 0.6 is 0 Å². The number of hydrogen-bond donors (Lipinski definition) is 1. The molecule has 0 aliphatic carbocycles. The zero-order valence-electron chi connectivity index (χ0n) is 11.3. The van der Waals surface area contributed by atoms with Crippen LogP contribution in [-0.2, 0) is 9.53 Å². The average molecular weight is 272 g/mol. The summed E-state index contributed by atoms with van der Waals surface area (Å²) < 4.78 is 10.7. The van der Waals surface area contributed by atoms with Crippen molar-refractivity contribution in [1.29, 1.82) is 0 Å². The number of rotatable bonds is 3. The highest BCUT2D eigenvalue weighted by Crippen LogP contribution is 2.20. The smallest absolute Gasteiger partial charge is 0.367 e. The number of nitrogens with one attached hydrogen (secondary N) is 1. The fourth-order valence-electron chi connectivity index (χ4n) is 2.44. The summed E-state index contributed by atoms with van der Waals surface area (Å²) in [5.74, 6) is 0.429. The zero-order chi connectivity index (χ0) is 13.8. The molecule has 3 rings (SSSR count).